The van der Waals surface area contributed by atoms with Gasteiger partial charge in [0.2, 0.25) is 0 Å². The highest BCUT2D eigenvalue weighted by Crippen LogP contribution is 2.29. The lowest BCUT2D eigenvalue weighted by Gasteiger charge is -2.12. The topological polar surface area (TPSA) is 55.4 Å². The Hall–Kier alpha value is -2.76. The Morgan fingerprint density at radius 2 is 1.76 bits per heavy atom. The molecule has 1 amide bonds. The molecule has 4 nitrogen and oxygen atoms in total. The molecule has 0 bridgehead atoms. The first-order valence-corrected chi connectivity index (χ1v) is 10.3. The van der Waals surface area contributed by atoms with Crippen LogP contribution in [-0.2, 0) is 5.75 Å². The highest BCUT2D eigenvalue weighted by Gasteiger charge is 2.12. The molecule has 148 valence electrons. The van der Waals surface area contributed by atoms with Gasteiger partial charge in [0.15, 0.2) is 5.78 Å². The maximum absolute atomic E-state index is 12.7. The number of carbonyl (C=O) groups is 2. The molecule has 0 unspecified atom stereocenters. The minimum Gasteiger partial charge on any atom is -0.496 e. The SMILES string of the molecule is COc1ccc(C(=O)Nc2cccc(C(C)=O)c2)cc1CSc1ccc(Cl)cc1. The van der Waals surface area contributed by atoms with E-state index in [2.05, 4.69) is 5.32 Å². The van der Waals surface area contributed by atoms with Crippen LogP contribution in [0.2, 0.25) is 5.02 Å². The summed E-state index contributed by atoms with van der Waals surface area (Å²) < 4.78 is 5.44. The highest BCUT2D eigenvalue weighted by molar-refractivity contribution is 7.98. The number of anilines is 1. The maximum atomic E-state index is 12.7. The van der Waals surface area contributed by atoms with Crippen LogP contribution >= 0.6 is 23.4 Å². The van der Waals surface area contributed by atoms with Crippen molar-refractivity contribution in [2.45, 2.75) is 17.6 Å². The second kappa shape index (κ2) is 9.63. The van der Waals surface area contributed by atoms with Crippen molar-refractivity contribution in [2.24, 2.45) is 0 Å². The molecule has 0 radical (unpaired) electrons. The number of halogens is 1. The molecule has 0 atom stereocenters. The molecule has 0 aliphatic rings. The number of ketones is 1. The first-order valence-electron chi connectivity index (χ1n) is 8.94. The summed E-state index contributed by atoms with van der Waals surface area (Å²) in [4.78, 5) is 25.3. The predicted octanol–water partition coefficient (Wildman–Crippen LogP) is 6.10. The molecule has 0 fully saturated rings. The third-order valence-electron chi connectivity index (χ3n) is 4.28. The third kappa shape index (κ3) is 5.62. The van der Waals surface area contributed by atoms with Crippen LogP contribution in [0.25, 0.3) is 0 Å². The Morgan fingerprint density at radius 1 is 1.00 bits per heavy atom. The van der Waals surface area contributed by atoms with Gasteiger partial charge in [0.25, 0.3) is 5.91 Å². The Kier molecular flexibility index (Phi) is 6.96. The zero-order chi connectivity index (χ0) is 20.8. The molecule has 0 saturated carbocycles. The molecular formula is C23H20ClNO3S. The van der Waals surface area contributed by atoms with Crippen molar-refractivity contribution in [3.8, 4) is 5.75 Å². The van der Waals surface area contributed by atoms with Crippen molar-refractivity contribution in [1.82, 2.24) is 0 Å². The van der Waals surface area contributed by atoms with Crippen molar-refractivity contribution >= 4 is 40.7 Å². The number of ether oxygens (including phenoxy) is 1. The van der Waals surface area contributed by atoms with Gasteiger partial charge in [0, 0.05) is 38.0 Å². The summed E-state index contributed by atoms with van der Waals surface area (Å²) in [5, 5.41) is 3.54. The van der Waals surface area contributed by atoms with Gasteiger partial charge in [-0.1, -0.05) is 23.7 Å². The van der Waals surface area contributed by atoms with Gasteiger partial charge in [0.05, 0.1) is 7.11 Å². The molecule has 3 rings (SSSR count). The second-order valence-corrected chi connectivity index (χ2v) is 7.85. The number of rotatable bonds is 7. The lowest BCUT2D eigenvalue weighted by atomic mass is 10.1. The molecule has 0 heterocycles. The van der Waals surface area contributed by atoms with Crippen LogP contribution in [0.4, 0.5) is 5.69 Å². The number of nitrogens with one attached hydrogen (secondary N) is 1. The van der Waals surface area contributed by atoms with Gasteiger partial charge in [-0.3, -0.25) is 9.59 Å². The van der Waals surface area contributed by atoms with Crippen molar-refractivity contribution < 1.29 is 14.3 Å². The molecule has 1 N–H and O–H groups in total. The summed E-state index contributed by atoms with van der Waals surface area (Å²) in [6.07, 6.45) is 0. The van der Waals surface area contributed by atoms with E-state index in [-0.39, 0.29) is 11.7 Å². The number of carbonyl (C=O) groups excluding carboxylic acids is 2. The maximum Gasteiger partial charge on any atom is 0.255 e. The van der Waals surface area contributed by atoms with Gasteiger partial charge in [-0.15, -0.1) is 11.8 Å². The third-order valence-corrected chi connectivity index (χ3v) is 5.59. The highest BCUT2D eigenvalue weighted by atomic mass is 35.5. The second-order valence-electron chi connectivity index (χ2n) is 6.36. The molecule has 0 aromatic heterocycles. The van der Waals surface area contributed by atoms with Gasteiger partial charge < -0.3 is 10.1 Å². The number of amides is 1. The molecular weight excluding hydrogens is 406 g/mol. The van der Waals surface area contributed by atoms with Crippen LogP contribution in [-0.4, -0.2) is 18.8 Å². The average Bonchev–Trinajstić information content (AvgIpc) is 2.73. The summed E-state index contributed by atoms with van der Waals surface area (Å²) in [5.41, 5.74) is 2.57. The summed E-state index contributed by atoms with van der Waals surface area (Å²) in [6.45, 7) is 1.50. The van der Waals surface area contributed by atoms with Crippen LogP contribution in [0.1, 0.15) is 33.2 Å². The van der Waals surface area contributed by atoms with Crippen LogP contribution in [0.15, 0.2) is 71.6 Å². The lowest BCUT2D eigenvalue weighted by molar-refractivity contribution is 0.101. The number of hydrogen-bond acceptors (Lipinski definition) is 4. The van der Waals surface area contributed by atoms with Crippen LogP contribution < -0.4 is 10.1 Å². The molecule has 3 aromatic carbocycles. The predicted molar refractivity (Wildman–Crippen MR) is 118 cm³/mol. The molecule has 0 spiro atoms. The summed E-state index contributed by atoms with van der Waals surface area (Å²) in [7, 11) is 1.61. The van der Waals surface area contributed by atoms with E-state index in [1.807, 2.05) is 30.3 Å². The number of hydrogen-bond donors (Lipinski definition) is 1. The standard InChI is InChI=1S/C23H20ClNO3S/c1-15(26)16-4-3-5-20(13-16)25-23(27)17-6-11-22(28-2)18(12-17)14-29-21-9-7-19(24)8-10-21/h3-13H,14H2,1-2H3,(H,25,27). The fraction of sp³-hybridized carbons (Fsp3) is 0.130. The molecule has 0 aliphatic carbocycles. The fourth-order valence-electron chi connectivity index (χ4n) is 2.74. The Labute approximate surface area is 179 Å². The van der Waals surface area contributed by atoms with E-state index in [0.717, 1.165) is 16.2 Å². The zero-order valence-corrected chi connectivity index (χ0v) is 17.6. The zero-order valence-electron chi connectivity index (χ0n) is 16.1. The summed E-state index contributed by atoms with van der Waals surface area (Å²) >= 11 is 7.57. The number of thioether (sulfide) groups is 1. The normalized spacial score (nSPS) is 10.4. The van der Waals surface area contributed by atoms with Gasteiger partial charge in [0.1, 0.15) is 5.75 Å². The largest absolute Gasteiger partial charge is 0.496 e. The molecule has 6 heteroatoms. The Bertz CT molecular complexity index is 1030. The first-order chi connectivity index (χ1) is 14.0. The van der Waals surface area contributed by atoms with Crippen molar-refractivity contribution in [3.63, 3.8) is 0 Å². The van der Waals surface area contributed by atoms with E-state index in [9.17, 15) is 9.59 Å². The Balaban J connectivity index is 1.76. The van der Waals surface area contributed by atoms with Crippen LogP contribution in [0.5, 0.6) is 5.75 Å². The van der Waals surface area contributed by atoms with Crippen molar-refractivity contribution in [1.29, 1.82) is 0 Å². The molecule has 3 aromatic rings. The quantitative estimate of drug-likeness (QED) is 0.367. The number of Topliss-reactive ketones (excluding diaryl/α,β-unsaturated/α-hetero) is 1. The van der Waals surface area contributed by atoms with E-state index in [0.29, 0.717) is 27.6 Å². The van der Waals surface area contributed by atoms with Crippen molar-refractivity contribution in [2.75, 3.05) is 12.4 Å². The fourth-order valence-corrected chi connectivity index (χ4v) is 3.75. The molecule has 29 heavy (non-hydrogen) atoms. The van der Waals surface area contributed by atoms with Gasteiger partial charge >= 0.3 is 0 Å². The van der Waals surface area contributed by atoms with E-state index < -0.39 is 0 Å². The van der Waals surface area contributed by atoms with Gasteiger partial charge in [-0.05, 0) is 61.5 Å². The van der Waals surface area contributed by atoms with E-state index in [4.69, 9.17) is 16.3 Å². The lowest BCUT2D eigenvalue weighted by Crippen LogP contribution is -2.12. The van der Waals surface area contributed by atoms with Crippen molar-refractivity contribution in [3.05, 3.63) is 88.4 Å². The Morgan fingerprint density at radius 3 is 2.45 bits per heavy atom. The minimum absolute atomic E-state index is 0.0490. The van der Waals surface area contributed by atoms with E-state index in [1.54, 1.807) is 55.3 Å². The van der Waals surface area contributed by atoms with E-state index in [1.165, 1.54) is 6.92 Å². The first kappa shape index (κ1) is 21.0. The van der Waals surface area contributed by atoms with Gasteiger partial charge in [-0.25, -0.2) is 0 Å². The van der Waals surface area contributed by atoms with Crippen LogP contribution in [0.3, 0.4) is 0 Å². The van der Waals surface area contributed by atoms with Crippen LogP contribution in [0, 0.1) is 0 Å². The smallest absolute Gasteiger partial charge is 0.255 e. The monoisotopic (exact) mass is 425 g/mol. The average molecular weight is 426 g/mol. The molecule has 0 aliphatic heterocycles. The summed E-state index contributed by atoms with van der Waals surface area (Å²) in [5.74, 6) is 1.07. The summed E-state index contributed by atoms with van der Waals surface area (Å²) in [6, 6.07) is 19.8. The van der Waals surface area contributed by atoms with Gasteiger partial charge in [-0.2, -0.15) is 0 Å². The number of benzene rings is 3. The molecule has 0 saturated heterocycles. The number of methoxy groups -OCH3 is 1. The van der Waals surface area contributed by atoms with E-state index >= 15 is 0 Å². The minimum atomic E-state index is -0.244.